The number of ether oxygens (including phenoxy) is 1. The zero-order chi connectivity index (χ0) is 23.1. The van der Waals surface area contributed by atoms with E-state index in [1.54, 1.807) is 18.3 Å². The van der Waals surface area contributed by atoms with Gasteiger partial charge in [-0.1, -0.05) is 6.07 Å². The van der Waals surface area contributed by atoms with Crippen LogP contribution < -0.4 is 10.8 Å². The Kier molecular flexibility index (Phi) is 5.91. The number of hydrogen-bond donors (Lipinski definition) is 1. The number of carbonyl (C=O) groups excluding carboxylic acids is 1. The summed E-state index contributed by atoms with van der Waals surface area (Å²) in [5.74, 6) is -0.475. The molecule has 2 aliphatic rings. The Hall–Kier alpha value is -2.27. The lowest BCUT2D eigenvalue weighted by atomic mass is 9.79. The van der Waals surface area contributed by atoms with Crippen molar-refractivity contribution in [2.24, 2.45) is 0 Å². The molecule has 32 heavy (non-hydrogen) atoms. The van der Waals surface area contributed by atoms with Gasteiger partial charge in [0, 0.05) is 11.8 Å². The summed E-state index contributed by atoms with van der Waals surface area (Å²) in [7, 11) is -4.00. The van der Waals surface area contributed by atoms with Gasteiger partial charge in [-0.05, 0) is 63.0 Å². The van der Waals surface area contributed by atoms with E-state index >= 15 is 0 Å². The monoisotopic (exact) mass is 458 g/mol. The second-order valence-corrected chi connectivity index (χ2v) is 11.1. The van der Waals surface area contributed by atoms with E-state index in [9.17, 15) is 13.2 Å². The molecule has 1 saturated heterocycles. The van der Waals surface area contributed by atoms with E-state index in [0.717, 1.165) is 5.46 Å². The summed E-state index contributed by atoms with van der Waals surface area (Å²) >= 11 is 0. The zero-order valence-electron chi connectivity index (χ0n) is 18.7. The van der Waals surface area contributed by atoms with Crippen LogP contribution in [0.2, 0.25) is 0 Å². The highest BCUT2D eigenvalue weighted by atomic mass is 32.2. The molecule has 0 aliphatic carbocycles. The van der Waals surface area contributed by atoms with Crippen LogP contribution in [0.25, 0.3) is 0 Å². The van der Waals surface area contributed by atoms with Gasteiger partial charge in [-0.15, -0.1) is 0 Å². The molecule has 3 heterocycles. The highest BCUT2D eigenvalue weighted by molar-refractivity contribution is 7.91. The first-order valence-corrected chi connectivity index (χ1v) is 12.2. The first-order chi connectivity index (χ1) is 15.0. The number of aromatic nitrogens is 1. The van der Waals surface area contributed by atoms with Crippen LogP contribution in [0, 0.1) is 0 Å². The van der Waals surface area contributed by atoms with Gasteiger partial charge in [0.15, 0.2) is 9.84 Å². The number of amides is 1. The lowest BCUT2D eigenvalue weighted by molar-refractivity contribution is 0.00578. The number of sulfone groups is 1. The lowest BCUT2D eigenvalue weighted by Crippen LogP contribution is -2.41. The van der Waals surface area contributed by atoms with Crippen molar-refractivity contribution in [3.05, 3.63) is 53.3 Å². The van der Waals surface area contributed by atoms with Gasteiger partial charge in [-0.2, -0.15) is 0 Å². The molecule has 0 atom stereocenters. The highest BCUT2D eigenvalue weighted by Gasteiger charge is 2.51. The molecule has 0 spiro atoms. The van der Waals surface area contributed by atoms with Gasteiger partial charge in [0.1, 0.15) is 0 Å². The molecule has 1 fully saturated rings. The second-order valence-electron chi connectivity index (χ2n) is 9.05. The topological polar surface area (TPSA) is 104 Å². The third-order valence-corrected chi connectivity index (χ3v) is 7.97. The Morgan fingerprint density at radius 2 is 1.84 bits per heavy atom. The van der Waals surface area contributed by atoms with Crippen molar-refractivity contribution >= 4 is 28.3 Å². The predicted octanol–water partition coefficient (Wildman–Crippen LogP) is 1.61. The maximum atomic E-state index is 12.7. The van der Waals surface area contributed by atoms with Crippen LogP contribution in [0.3, 0.4) is 0 Å². The smallest absolute Gasteiger partial charge is 0.399 e. The van der Waals surface area contributed by atoms with Crippen molar-refractivity contribution in [1.82, 2.24) is 10.3 Å². The number of fused-ring (bicyclic) bond motifs is 1. The van der Waals surface area contributed by atoms with E-state index in [2.05, 4.69) is 10.3 Å². The molecule has 2 aromatic rings. The Bertz CT molecular complexity index is 1130. The van der Waals surface area contributed by atoms with Crippen molar-refractivity contribution in [2.45, 2.75) is 56.9 Å². The molecule has 170 valence electrons. The molecule has 8 nitrogen and oxygen atoms in total. The third-order valence-electron chi connectivity index (χ3n) is 6.21. The Morgan fingerprint density at radius 3 is 2.56 bits per heavy atom. The third kappa shape index (κ3) is 4.45. The highest BCUT2D eigenvalue weighted by Crippen LogP contribution is 2.36. The number of rotatable bonds is 4. The van der Waals surface area contributed by atoms with Crippen molar-refractivity contribution in [1.29, 1.82) is 0 Å². The van der Waals surface area contributed by atoms with E-state index in [0.29, 0.717) is 11.3 Å². The standard InChI is InChI=1S/C22H27BN2O6S/c1-21(2)22(3,4)31-23(30-21)17-7-8-24-18(12-17)13-25-20(26)15-5-6-16-14-29-9-10-32(27,28)19(16)11-15/h5-8,11-12H,9-10,13-14H2,1-4H3,(H,25,26). The van der Waals surface area contributed by atoms with Gasteiger partial charge in [-0.3, -0.25) is 9.78 Å². The van der Waals surface area contributed by atoms with Crippen molar-refractivity contribution in [3.63, 3.8) is 0 Å². The van der Waals surface area contributed by atoms with Gasteiger partial charge >= 0.3 is 7.12 Å². The minimum absolute atomic E-state index is 0.0965. The van der Waals surface area contributed by atoms with Gasteiger partial charge in [0.2, 0.25) is 0 Å². The van der Waals surface area contributed by atoms with Gasteiger partial charge in [0.25, 0.3) is 5.91 Å². The maximum Gasteiger partial charge on any atom is 0.494 e. The number of benzene rings is 1. The summed E-state index contributed by atoms with van der Waals surface area (Å²) in [6.07, 6.45) is 1.65. The maximum absolute atomic E-state index is 12.7. The van der Waals surface area contributed by atoms with Crippen molar-refractivity contribution < 1.29 is 27.3 Å². The van der Waals surface area contributed by atoms with Crippen LogP contribution in [0.5, 0.6) is 0 Å². The summed E-state index contributed by atoms with van der Waals surface area (Å²) < 4.78 is 42.4. The molecule has 0 saturated carbocycles. The van der Waals surface area contributed by atoms with E-state index in [1.165, 1.54) is 6.07 Å². The zero-order valence-corrected chi connectivity index (χ0v) is 19.5. The number of carbonyl (C=O) groups is 1. The molecule has 0 radical (unpaired) electrons. The van der Waals surface area contributed by atoms with Gasteiger partial charge in [0.05, 0.1) is 47.3 Å². The summed E-state index contributed by atoms with van der Waals surface area (Å²) in [4.78, 5) is 17.2. The SMILES string of the molecule is CC1(C)OB(c2ccnc(CNC(=O)c3ccc4c(c3)S(=O)(=O)CCOC4)c2)OC1(C)C. The quantitative estimate of drug-likeness (QED) is 0.695. The molecular formula is C22H27BN2O6S. The average Bonchev–Trinajstić information content (AvgIpc) is 2.86. The van der Waals surface area contributed by atoms with Crippen molar-refractivity contribution in [3.8, 4) is 0 Å². The Labute approximate surface area is 188 Å². The summed E-state index contributed by atoms with van der Waals surface area (Å²) in [6.45, 7) is 8.49. The average molecular weight is 458 g/mol. The summed E-state index contributed by atoms with van der Waals surface area (Å²) in [5, 5.41) is 2.81. The van der Waals surface area contributed by atoms with Crippen LogP contribution in [-0.2, 0) is 37.0 Å². The van der Waals surface area contributed by atoms with Crippen LogP contribution in [0.15, 0.2) is 41.4 Å². The van der Waals surface area contributed by atoms with Crippen LogP contribution in [0.4, 0.5) is 0 Å². The summed E-state index contributed by atoms with van der Waals surface area (Å²) in [6, 6.07) is 8.31. The minimum atomic E-state index is -3.48. The molecule has 1 N–H and O–H groups in total. The van der Waals surface area contributed by atoms with Gasteiger partial charge < -0.3 is 19.4 Å². The van der Waals surface area contributed by atoms with E-state index in [1.807, 2.05) is 39.8 Å². The van der Waals surface area contributed by atoms with E-state index in [4.69, 9.17) is 14.0 Å². The molecular weight excluding hydrogens is 431 g/mol. The first kappa shape index (κ1) is 22.9. The first-order valence-electron chi connectivity index (χ1n) is 10.5. The number of pyridine rings is 1. The molecule has 10 heteroatoms. The molecule has 1 aromatic carbocycles. The normalized spacial score (nSPS) is 20.9. The van der Waals surface area contributed by atoms with Gasteiger partial charge in [-0.25, -0.2) is 8.42 Å². The molecule has 2 aliphatic heterocycles. The molecule has 1 aromatic heterocycles. The molecule has 4 rings (SSSR count). The fourth-order valence-corrected chi connectivity index (χ4v) is 4.95. The predicted molar refractivity (Wildman–Crippen MR) is 119 cm³/mol. The minimum Gasteiger partial charge on any atom is -0.399 e. The lowest BCUT2D eigenvalue weighted by Gasteiger charge is -2.32. The Morgan fingerprint density at radius 1 is 1.12 bits per heavy atom. The fraction of sp³-hybridized carbons (Fsp3) is 0.455. The number of hydrogen-bond acceptors (Lipinski definition) is 7. The molecule has 0 bridgehead atoms. The van der Waals surface area contributed by atoms with Crippen LogP contribution in [-0.4, -0.2) is 50.0 Å². The number of nitrogens with one attached hydrogen (secondary N) is 1. The molecule has 1 amide bonds. The second kappa shape index (κ2) is 8.26. The molecule has 0 unspecified atom stereocenters. The van der Waals surface area contributed by atoms with E-state index in [-0.39, 0.29) is 41.9 Å². The van der Waals surface area contributed by atoms with E-state index < -0.39 is 28.2 Å². The summed E-state index contributed by atoms with van der Waals surface area (Å²) in [5.41, 5.74) is 1.39. The largest absolute Gasteiger partial charge is 0.494 e. The van der Waals surface area contributed by atoms with Crippen LogP contribution >= 0.6 is 0 Å². The fourth-order valence-electron chi connectivity index (χ4n) is 3.56. The van der Waals surface area contributed by atoms with Crippen molar-refractivity contribution in [2.75, 3.05) is 12.4 Å². The van der Waals surface area contributed by atoms with Crippen LogP contribution in [0.1, 0.15) is 49.3 Å². The number of nitrogens with zero attached hydrogens (tertiary/aromatic N) is 1. The Balaban J connectivity index is 1.47.